The van der Waals surface area contributed by atoms with Crippen LogP contribution in [-0.2, 0) is 12.8 Å². The zero-order valence-electron chi connectivity index (χ0n) is 9.64. The normalized spacial score (nSPS) is 10.5. The Labute approximate surface area is 103 Å². The highest BCUT2D eigenvalue weighted by Gasteiger charge is 2.12. The Kier molecular flexibility index (Phi) is 3.53. The number of nitrogens with zero attached hydrogens (tertiary/aromatic N) is 2. The van der Waals surface area contributed by atoms with Gasteiger partial charge >= 0.3 is 0 Å². The second-order valence-electron chi connectivity index (χ2n) is 3.51. The van der Waals surface area contributed by atoms with Crippen LogP contribution in [0.1, 0.15) is 16.3 Å². The van der Waals surface area contributed by atoms with Gasteiger partial charge in [-0.05, 0) is 18.4 Å². The largest absolute Gasteiger partial charge is 0.455 e. The van der Waals surface area contributed by atoms with E-state index < -0.39 is 0 Å². The van der Waals surface area contributed by atoms with E-state index in [2.05, 4.69) is 10.3 Å². The Morgan fingerprint density at radius 2 is 2.41 bits per heavy atom. The van der Waals surface area contributed by atoms with E-state index in [9.17, 15) is 4.79 Å². The van der Waals surface area contributed by atoms with Gasteiger partial charge in [0.05, 0.1) is 5.75 Å². The second-order valence-corrected chi connectivity index (χ2v) is 4.38. The predicted molar refractivity (Wildman–Crippen MR) is 67.1 cm³/mol. The molecule has 0 aliphatic carbocycles. The molecule has 0 atom stereocenters. The zero-order valence-corrected chi connectivity index (χ0v) is 10.5. The first kappa shape index (κ1) is 11.8. The minimum Gasteiger partial charge on any atom is -0.455 e. The number of thioether (sulfide) groups is 1. The standard InChI is InChI=1S/C11H13N3O2S/c1-14-6-5-12-11(14)13-10(15)9-4-3-8(16-9)7-17-2/h3-6H,7H2,1-2H3,(H,12,13,15). The summed E-state index contributed by atoms with van der Waals surface area (Å²) in [4.78, 5) is 15.8. The van der Waals surface area contributed by atoms with Gasteiger partial charge in [0, 0.05) is 19.4 Å². The molecule has 0 fully saturated rings. The quantitative estimate of drug-likeness (QED) is 0.904. The van der Waals surface area contributed by atoms with E-state index >= 15 is 0 Å². The van der Waals surface area contributed by atoms with Gasteiger partial charge in [-0.1, -0.05) is 0 Å². The van der Waals surface area contributed by atoms with Crippen LogP contribution < -0.4 is 5.32 Å². The first-order chi connectivity index (χ1) is 8.20. The molecule has 0 aliphatic rings. The molecule has 0 saturated carbocycles. The van der Waals surface area contributed by atoms with Crippen molar-refractivity contribution >= 4 is 23.6 Å². The first-order valence-corrected chi connectivity index (χ1v) is 6.46. The molecule has 1 N–H and O–H groups in total. The summed E-state index contributed by atoms with van der Waals surface area (Å²) in [6.45, 7) is 0. The molecule has 0 spiro atoms. The molecular weight excluding hydrogens is 238 g/mol. The van der Waals surface area contributed by atoms with Crippen molar-refractivity contribution in [2.75, 3.05) is 11.6 Å². The second kappa shape index (κ2) is 5.09. The maximum atomic E-state index is 11.8. The molecule has 90 valence electrons. The van der Waals surface area contributed by atoms with Crippen molar-refractivity contribution in [2.45, 2.75) is 5.75 Å². The number of rotatable bonds is 4. The van der Waals surface area contributed by atoms with Gasteiger partial charge < -0.3 is 8.98 Å². The monoisotopic (exact) mass is 251 g/mol. The number of carbonyl (C=O) groups is 1. The lowest BCUT2D eigenvalue weighted by atomic mass is 10.4. The van der Waals surface area contributed by atoms with E-state index in [1.54, 1.807) is 34.8 Å². The summed E-state index contributed by atoms with van der Waals surface area (Å²) in [5.74, 6) is 2.07. The fraction of sp³-hybridized carbons (Fsp3) is 0.273. The van der Waals surface area contributed by atoms with Crippen molar-refractivity contribution in [3.8, 4) is 0 Å². The molecule has 5 nitrogen and oxygen atoms in total. The Hall–Kier alpha value is -1.69. The molecule has 0 unspecified atom stereocenters. The number of hydrogen-bond acceptors (Lipinski definition) is 4. The Morgan fingerprint density at radius 1 is 1.59 bits per heavy atom. The summed E-state index contributed by atoms with van der Waals surface area (Å²) in [6.07, 6.45) is 5.37. The van der Waals surface area contributed by atoms with Crippen molar-refractivity contribution in [2.24, 2.45) is 7.05 Å². The van der Waals surface area contributed by atoms with E-state index in [1.807, 2.05) is 19.4 Å². The first-order valence-electron chi connectivity index (χ1n) is 5.07. The molecule has 0 aliphatic heterocycles. The summed E-state index contributed by atoms with van der Waals surface area (Å²) in [5, 5.41) is 2.67. The van der Waals surface area contributed by atoms with Gasteiger partial charge in [0.15, 0.2) is 5.76 Å². The molecule has 2 aromatic heterocycles. The van der Waals surface area contributed by atoms with Crippen LogP contribution in [0.15, 0.2) is 28.9 Å². The van der Waals surface area contributed by atoms with Crippen LogP contribution in [0.25, 0.3) is 0 Å². The summed E-state index contributed by atoms with van der Waals surface area (Å²) in [7, 11) is 1.81. The molecule has 0 aromatic carbocycles. The van der Waals surface area contributed by atoms with Gasteiger partial charge in [-0.2, -0.15) is 11.8 Å². The van der Waals surface area contributed by atoms with E-state index in [1.165, 1.54) is 0 Å². The van der Waals surface area contributed by atoms with Crippen molar-refractivity contribution in [3.05, 3.63) is 36.0 Å². The smallest absolute Gasteiger partial charge is 0.293 e. The zero-order chi connectivity index (χ0) is 12.3. The summed E-state index contributed by atoms with van der Waals surface area (Å²) in [6, 6.07) is 3.48. The van der Waals surface area contributed by atoms with Gasteiger partial charge in [0.1, 0.15) is 5.76 Å². The number of anilines is 1. The molecule has 2 aromatic rings. The van der Waals surface area contributed by atoms with Crippen molar-refractivity contribution in [3.63, 3.8) is 0 Å². The molecule has 0 bridgehead atoms. The topological polar surface area (TPSA) is 60.1 Å². The van der Waals surface area contributed by atoms with Crippen LogP contribution in [0.3, 0.4) is 0 Å². The summed E-state index contributed by atoms with van der Waals surface area (Å²) < 4.78 is 7.13. The molecule has 1 amide bonds. The lowest BCUT2D eigenvalue weighted by Crippen LogP contribution is -2.14. The third-order valence-electron chi connectivity index (χ3n) is 2.22. The average Bonchev–Trinajstić information content (AvgIpc) is 2.90. The lowest BCUT2D eigenvalue weighted by molar-refractivity contribution is 0.0994. The van der Waals surface area contributed by atoms with Crippen LogP contribution in [0.4, 0.5) is 5.95 Å². The number of aryl methyl sites for hydroxylation is 1. The molecular formula is C11H13N3O2S. The Bertz CT molecular complexity index is 518. The van der Waals surface area contributed by atoms with E-state index in [-0.39, 0.29) is 5.91 Å². The third-order valence-corrected chi connectivity index (χ3v) is 2.79. The third kappa shape index (κ3) is 2.71. The minimum atomic E-state index is -0.286. The van der Waals surface area contributed by atoms with Crippen LogP contribution in [0, 0.1) is 0 Å². The molecule has 17 heavy (non-hydrogen) atoms. The number of furan rings is 1. The van der Waals surface area contributed by atoms with Gasteiger partial charge in [0.25, 0.3) is 5.91 Å². The number of imidazole rings is 1. The highest BCUT2D eigenvalue weighted by molar-refractivity contribution is 7.97. The number of hydrogen-bond donors (Lipinski definition) is 1. The number of amides is 1. The predicted octanol–water partition coefficient (Wildman–Crippen LogP) is 2.13. The molecule has 6 heteroatoms. The van der Waals surface area contributed by atoms with Crippen LogP contribution in [-0.4, -0.2) is 21.7 Å². The van der Waals surface area contributed by atoms with Crippen LogP contribution in [0.2, 0.25) is 0 Å². The Morgan fingerprint density at radius 3 is 3.06 bits per heavy atom. The number of nitrogens with one attached hydrogen (secondary N) is 1. The van der Waals surface area contributed by atoms with E-state index in [0.29, 0.717) is 11.7 Å². The fourth-order valence-electron chi connectivity index (χ4n) is 1.37. The van der Waals surface area contributed by atoms with Gasteiger partial charge in [-0.25, -0.2) is 4.98 Å². The fourth-order valence-corrected chi connectivity index (χ4v) is 1.81. The highest BCUT2D eigenvalue weighted by Crippen LogP contribution is 2.14. The van der Waals surface area contributed by atoms with Gasteiger partial charge in [-0.15, -0.1) is 0 Å². The maximum Gasteiger partial charge on any atom is 0.293 e. The number of aromatic nitrogens is 2. The lowest BCUT2D eigenvalue weighted by Gasteiger charge is -2.02. The molecule has 0 radical (unpaired) electrons. The van der Waals surface area contributed by atoms with Gasteiger partial charge in [-0.3, -0.25) is 10.1 Å². The van der Waals surface area contributed by atoms with E-state index in [4.69, 9.17) is 4.42 Å². The van der Waals surface area contributed by atoms with Gasteiger partial charge in [0.2, 0.25) is 5.95 Å². The maximum absolute atomic E-state index is 11.8. The Balaban J connectivity index is 2.07. The van der Waals surface area contributed by atoms with Crippen molar-refractivity contribution in [1.29, 1.82) is 0 Å². The van der Waals surface area contributed by atoms with E-state index in [0.717, 1.165) is 11.5 Å². The summed E-state index contributed by atoms with van der Waals surface area (Å²) in [5.41, 5.74) is 0. The average molecular weight is 251 g/mol. The molecule has 0 saturated heterocycles. The highest BCUT2D eigenvalue weighted by atomic mass is 32.2. The number of carbonyl (C=O) groups excluding carboxylic acids is 1. The SMILES string of the molecule is CSCc1ccc(C(=O)Nc2nccn2C)o1. The molecule has 2 rings (SSSR count). The summed E-state index contributed by atoms with van der Waals surface area (Å²) >= 11 is 1.65. The van der Waals surface area contributed by atoms with Crippen molar-refractivity contribution < 1.29 is 9.21 Å². The molecule has 2 heterocycles. The van der Waals surface area contributed by atoms with Crippen molar-refractivity contribution in [1.82, 2.24) is 9.55 Å². The minimum absolute atomic E-state index is 0.286. The van der Waals surface area contributed by atoms with Crippen LogP contribution in [0.5, 0.6) is 0 Å². The van der Waals surface area contributed by atoms with Crippen LogP contribution >= 0.6 is 11.8 Å².